The average Bonchev–Trinajstić information content (AvgIpc) is 2.58. The predicted octanol–water partition coefficient (Wildman–Crippen LogP) is 3.61. The minimum atomic E-state index is -0.635. The van der Waals surface area contributed by atoms with Gasteiger partial charge < -0.3 is 10.6 Å². The van der Waals surface area contributed by atoms with Crippen molar-refractivity contribution in [3.05, 3.63) is 59.4 Å². The highest BCUT2D eigenvalue weighted by Crippen LogP contribution is 2.23. The Morgan fingerprint density at radius 3 is 2.32 bits per heavy atom. The minimum absolute atomic E-state index is 0.0373. The molecule has 25 heavy (non-hydrogen) atoms. The van der Waals surface area contributed by atoms with Gasteiger partial charge in [-0.15, -0.1) is 0 Å². The smallest absolute Gasteiger partial charge is 0.260 e. The highest BCUT2D eigenvalue weighted by Gasteiger charge is 2.13. The zero-order valence-corrected chi connectivity index (χ0v) is 14.7. The van der Waals surface area contributed by atoms with E-state index >= 15 is 0 Å². The van der Waals surface area contributed by atoms with Gasteiger partial charge >= 0.3 is 0 Å². The first-order chi connectivity index (χ1) is 11.9. The van der Waals surface area contributed by atoms with Gasteiger partial charge in [0, 0.05) is 17.8 Å². The number of hydrogen-bond donors (Lipinski definition) is 3. The van der Waals surface area contributed by atoms with Crippen LogP contribution in [0, 0.1) is 12.7 Å². The van der Waals surface area contributed by atoms with Crippen LogP contribution >= 0.6 is 12.2 Å². The third kappa shape index (κ3) is 4.84. The molecule has 5 nitrogen and oxygen atoms in total. The molecule has 0 fully saturated rings. The van der Waals surface area contributed by atoms with Crippen LogP contribution in [0.1, 0.15) is 29.3 Å². The lowest BCUT2D eigenvalue weighted by Crippen LogP contribution is -2.34. The highest BCUT2D eigenvalue weighted by molar-refractivity contribution is 7.80. The summed E-state index contributed by atoms with van der Waals surface area (Å²) in [6, 6.07) is 10.9. The zero-order valence-electron chi connectivity index (χ0n) is 13.9. The Morgan fingerprint density at radius 1 is 1.04 bits per heavy atom. The van der Waals surface area contributed by atoms with Gasteiger partial charge in [0.1, 0.15) is 5.82 Å². The first-order valence-electron chi connectivity index (χ1n) is 7.68. The fourth-order valence-electron chi connectivity index (χ4n) is 2.11. The molecule has 7 heteroatoms. The molecule has 0 spiro atoms. The molecule has 2 amide bonds. The molecule has 0 atom stereocenters. The van der Waals surface area contributed by atoms with E-state index in [1.165, 1.54) is 18.2 Å². The van der Waals surface area contributed by atoms with E-state index in [9.17, 15) is 14.0 Å². The molecule has 0 radical (unpaired) electrons. The Hall–Kier alpha value is -2.80. The second kappa shape index (κ2) is 8.34. The Bertz CT molecular complexity index is 824. The second-order valence-electron chi connectivity index (χ2n) is 5.27. The first-order valence-corrected chi connectivity index (χ1v) is 8.09. The van der Waals surface area contributed by atoms with Crippen LogP contribution in [0.3, 0.4) is 0 Å². The quantitative estimate of drug-likeness (QED) is 0.730. The molecule has 0 aliphatic heterocycles. The van der Waals surface area contributed by atoms with Gasteiger partial charge in [-0.25, -0.2) is 4.39 Å². The maximum Gasteiger partial charge on any atom is 0.260 e. The van der Waals surface area contributed by atoms with E-state index < -0.39 is 11.7 Å². The molecule has 0 unspecified atom stereocenters. The Kier molecular flexibility index (Phi) is 6.19. The van der Waals surface area contributed by atoms with Crippen LogP contribution in [0.4, 0.5) is 15.8 Å². The van der Waals surface area contributed by atoms with Crippen molar-refractivity contribution in [2.45, 2.75) is 20.3 Å². The maximum atomic E-state index is 13.6. The molecule has 0 bridgehead atoms. The predicted molar refractivity (Wildman–Crippen MR) is 100 cm³/mol. The van der Waals surface area contributed by atoms with Gasteiger partial charge in [-0.1, -0.05) is 25.1 Å². The van der Waals surface area contributed by atoms with Crippen molar-refractivity contribution in [2.24, 2.45) is 0 Å². The maximum absolute atomic E-state index is 13.6. The number of rotatable bonds is 4. The fourth-order valence-corrected chi connectivity index (χ4v) is 2.32. The van der Waals surface area contributed by atoms with E-state index in [1.54, 1.807) is 31.2 Å². The molecule has 2 aromatic carbocycles. The van der Waals surface area contributed by atoms with Crippen LogP contribution in [0.5, 0.6) is 0 Å². The zero-order chi connectivity index (χ0) is 18.4. The van der Waals surface area contributed by atoms with Crippen LogP contribution in [-0.2, 0) is 4.79 Å². The highest BCUT2D eigenvalue weighted by atomic mass is 32.1. The molecule has 0 saturated heterocycles. The second-order valence-corrected chi connectivity index (χ2v) is 5.68. The summed E-state index contributed by atoms with van der Waals surface area (Å²) in [5.74, 6) is -1.36. The molecule has 0 aromatic heterocycles. The van der Waals surface area contributed by atoms with Crippen LogP contribution in [0.25, 0.3) is 0 Å². The van der Waals surface area contributed by atoms with Crippen molar-refractivity contribution in [2.75, 3.05) is 10.6 Å². The van der Waals surface area contributed by atoms with Gasteiger partial charge in [0.15, 0.2) is 5.11 Å². The summed E-state index contributed by atoms with van der Waals surface area (Å²) in [7, 11) is 0. The van der Waals surface area contributed by atoms with Crippen molar-refractivity contribution in [3.63, 3.8) is 0 Å². The number of anilines is 2. The Labute approximate surface area is 150 Å². The lowest BCUT2D eigenvalue weighted by atomic mass is 10.1. The van der Waals surface area contributed by atoms with Crippen molar-refractivity contribution >= 4 is 40.5 Å². The molecular weight excluding hydrogens is 341 g/mol. The monoisotopic (exact) mass is 359 g/mol. The average molecular weight is 359 g/mol. The number of thiocarbonyl (C=S) groups is 1. The molecule has 0 saturated carbocycles. The molecule has 3 N–H and O–H groups in total. The fraction of sp³-hybridized carbons (Fsp3) is 0.167. The van der Waals surface area contributed by atoms with Gasteiger partial charge in [0.25, 0.3) is 5.91 Å². The van der Waals surface area contributed by atoms with Gasteiger partial charge in [0.2, 0.25) is 5.91 Å². The van der Waals surface area contributed by atoms with Crippen LogP contribution in [0.2, 0.25) is 0 Å². The number of amides is 2. The number of carbonyl (C=O) groups excluding carboxylic acids is 2. The van der Waals surface area contributed by atoms with E-state index in [-0.39, 0.29) is 16.6 Å². The first kappa shape index (κ1) is 18.5. The third-order valence-electron chi connectivity index (χ3n) is 3.52. The van der Waals surface area contributed by atoms with E-state index in [0.29, 0.717) is 17.8 Å². The summed E-state index contributed by atoms with van der Waals surface area (Å²) < 4.78 is 13.6. The Morgan fingerprint density at radius 2 is 1.68 bits per heavy atom. The summed E-state index contributed by atoms with van der Waals surface area (Å²) in [6.07, 6.45) is 0.369. The lowest BCUT2D eigenvalue weighted by Gasteiger charge is -2.15. The van der Waals surface area contributed by atoms with E-state index in [0.717, 1.165) is 5.56 Å². The van der Waals surface area contributed by atoms with Crippen molar-refractivity contribution in [1.29, 1.82) is 0 Å². The van der Waals surface area contributed by atoms with Crippen molar-refractivity contribution in [1.82, 2.24) is 5.32 Å². The minimum Gasteiger partial charge on any atom is -0.332 e. The SMILES string of the molecule is CCC(=O)Nc1cccc(NC(=S)NC(=O)c2ccccc2F)c1C. The van der Waals surface area contributed by atoms with E-state index in [4.69, 9.17) is 12.2 Å². The summed E-state index contributed by atoms with van der Waals surface area (Å²) in [5.41, 5.74) is 1.96. The summed E-state index contributed by atoms with van der Waals surface area (Å²) in [6.45, 7) is 3.58. The molecule has 2 aromatic rings. The Balaban J connectivity index is 2.08. The van der Waals surface area contributed by atoms with Gasteiger partial charge in [-0.2, -0.15) is 0 Å². The normalized spacial score (nSPS) is 10.0. The van der Waals surface area contributed by atoms with Crippen molar-refractivity contribution < 1.29 is 14.0 Å². The molecule has 2 rings (SSSR count). The van der Waals surface area contributed by atoms with Gasteiger partial charge in [-0.05, 0) is 49.0 Å². The van der Waals surface area contributed by atoms with Crippen LogP contribution in [-0.4, -0.2) is 16.9 Å². The van der Waals surface area contributed by atoms with Crippen molar-refractivity contribution in [3.8, 4) is 0 Å². The topological polar surface area (TPSA) is 70.2 Å². The van der Waals surface area contributed by atoms with Gasteiger partial charge in [-0.3, -0.25) is 14.9 Å². The number of halogens is 1. The standard InChI is InChI=1S/C18H18FN3O2S/c1-3-16(23)20-14-9-6-10-15(11(14)2)21-18(25)22-17(24)12-7-4-5-8-13(12)19/h4-10H,3H2,1-2H3,(H,20,23)(H2,21,22,24,25). The lowest BCUT2D eigenvalue weighted by molar-refractivity contribution is -0.115. The molecular formula is C18H18FN3O2S. The number of carbonyl (C=O) groups is 2. The van der Waals surface area contributed by atoms with E-state index in [1.807, 2.05) is 6.92 Å². The molecule has 0 aliphatic carbocycles. The summed E-state index contributed by atoms with van der Waals surface area (Å²) >= 11 is 5.12. The molecule has 0 heterocycles. The summed E-state index contributed by atoms with van der Waals surface area (Å²) in [4.78, 5) is 23.6. The number of nitrogens with one attached hydrogen (secondary N) is 3. The molecule has 0 aliphatic rings. The van der Waals surface area contributed by atoms with Crippen LogP contribution in [0.15, 0.2) is 42.5 Å². The van der Waals surface area contributed by atoms with E-state index in [2.05, 4.69) is 16.0 Å². The number of hydrogen-bond acceptors (Lipinski definition) is 3. The van der Waals surface area contributed by atoms with Crippen LogP contribution < -0.4 is 16.0 Å². The largest absolute Gasteiger partial charge is 0.332 e. The van der Waals surface area contributed by atoms with Gasteiger partial charge in [0.05, 0.1) is 5.56 Å². The third-order valence-corrected chi connectivity index (χ3v) is 3.73. The summed E-state index contributed by atoms with van der Waals surface area (Å²) in [5, 5.41) is 8.15. The number of benzene rings is 2. The molecule has 130 valence electrons.